The topological polar surface area (TPSA) is 41.3 Å². The molecule has 0 radical (unpaired) electrons. The van der Waals surface area contributed by atoms with Crippen LogP contribution in [0.5, 0.6) is 0 Å². The summed E-state index contributed by atoms with van der Waals surface area (Å²) in [7, 11) is 0. The third-order valence-electron chi connectivity index (χ3n) is 2.75. The molecule has 1 saturated heterocycles. The highest BCUT2D eigenvalue weighted by molar-refractivity contribution is 9.11. The molecule has 2 aromatic rings. The summed E-state index contributed by atoms with van der Waals surface area (Å²) in [6.07, 6.45) is 0. The van der Waals surface area contributed by atoms with E-state index in [1.165, 1.54) is 0 Å². The standard InChI is InChI=1S/C11H12BrN3OS/c12-10-2-1-9(17-10)8-7-11(16-14-8)15-5-3-13-4-6-15/h1-2,7,13H,3-6H2. The molecule has 4 nitrogen and oxygen atoms in total. The van der Waals surface area contributed by atoms with Gasteiger partial charge in [-0.2, -0.15) is 0 Å². The predicted octanol–water partition coefficient (Wildman–Crippen LogP) is 2.58. The number of nitrogens with one attached hydrogen (secondary N) is 1. The number of aromatic nitrogens is 1. The van der Waals surface area contributed by atoms with Gasteiger partial charge in [0, 0.05) is 32.2 Å². The molecule has 0 aromatic carbocycles. The molecule has 3 heterocycles. The maximum absolute atomic E-state index is 5.41. The number of nitrogens with zero attached hydrogens (tertiary/aromatic N) is 2. The van der Waals surface area contributed by atoms with Gasteiger partial charge in [-0.05, 0) is 28.1 Å². The molecule has 0 spiro atoms. The first kappa shape index (κ1) is 11.3. The first-order valence-electron chi connectivity index (χ1n) is 5.51. The van der Waals surface area contributed by atoms with Crippen LogP contribution in [0.25, 0.3) is 10.6 Å². The fourth-order valence-electron chi connectivity index (χ4n) is 1.87. The van der Waals surface area contributed by atoms with E-state index in [0.717, 1.165) is 46.4 Å². The van der Waals surface area contributed by atoms with Crippen LogP contribution < -0.4 is 10.2 Å². The minimum absolute atomic E-state index is 0.867. The minimum Gasteiger partial charge on any atom is -0.338 e. The zero-order valence-corrected chi connectivity index (χ0v) is 11.6. The molecule has 3 rings (SSSR count). The molecule has 0 amide bonds. The third-order valence-corrected chi connectivity index (χ3v) is 4.40. The third kappa shape index (κ3) is 2.38. The molecule has 6 heteroatoms. The highest BCUT2D eigenvalue weighted by Gasteiger charge is 2.16. The lowest BCUT2D eigenvalue weighted by atomic mass is 10.3. The summed E-state index contributed by atoms with van der Waals surface area (Å²) in [4.78, 5) is 3.34. The number of hydrogen-bond acceptors (Lipinski definition) is 5. The molecule has 0 aliphatic carbocycles. The van der Waals surface area contributed by atoms with Gasteiger partial charge in [-0.3, -0.25) is 0 Å². The molecule has 0 unspecified atom stereocenters. The lowest BCUT2D eigenvalue weighted by Gasteiger charge is -2.25. The Balaban J connectivity index is 1.82. The van der Waals surface area contributed by atoms with E-state index in [4.69, 9.17) is 4.52 Å². The van der Waals surface area contributed by atoms with Crippen molar-refractivity contribution in [3.8, 4) is 10.6 Å². The summed E-state index contributed by atoms with van der Waals surface area (Å²) >= 11 is 5.12. The SMILES string of the molecule is Brc1ccc(-c2cc(N3CCNCC3)on2)s1. The quantitative estimate of drug-likeness (QED) is 0.925. The Kier molecular flexibility index (Phi) is 3.17. The zero-order valence-electron chi connectivity index (χ0n) is 9.15. The summed E-state index contributed by atoms with van der Waals surface area (Å²) in [6, 6.07) is 6.09. The minimum atomic E-state index is 0.867. The number of hydrogen-bond donors (Lipinski definition) is 1. The van der Waals surface area contributed by atoms with Gasteiger partial charge in [0.2, 0.25) is 5.88 Å². The van der Waals surface area contributed by atoms with E-state index >= 15 is 0 Å². The molecule has 1 N–H and O–H groups in total. The highest BCUT2D eigenvalue weighted by Crippen LogP contribution is 2.32. The van der Waals surface area contributed by atoms with Crippen LogP contribution in [0.3, 0.4) is 0 Å². The normalized spacial score (nSPS) is 16.4. The van der Waals surface area contributed by atoms with Crippen LogP contribution in [-0.2, 0) is 0 Å². The molecule has 1 aliphatic heterocycles. The van der Waals surface area contributed by atoms with Crippen LogP contribution in [0.2, 0.25) is 0 Å². The van der Waals surface area contributed by atoms with Crippen LogP contribution in [0, 0.1) is 0 Å². The van der Waals surface area contributed by atoms with Crippen molar-refractivity contribution < 1.29 is 4.52 Å². The Morgan fingerprint density at radius 2 is 2.18 bits per heavy atom. The number of rotatable bonds is 2. The molecule has 17 heavy (non-hydrogen) atoms. The van der Waals surface area contributed by atoms with E-state index in [0.29, 0.717) is 0 Å². The van der Waals surface area contributed by atoms with Crippen molar-refractivity contribution in [2.24, 2.45) is 0 Å². The van der Waals surface area contributed by atoms with Crippen molar-refractivity contribution in [3.63, 3.8) is 0 Å². The average molecular weight is 314 g/mol. The fraction of sp³-hybridized carbons (Fsp3) is 0.364. The van der Waals surface area contributed by atoms with E-state index in [2.05, 4.69) is 31.3 Å². The van der Waals surface area contributed by atoms with Crippen LogP contribution >= 0.6 is 27.3 Å². The highest BCUT2D eigenvalue weighted by atomic mass is 79.9. The Labute approximate surface area is 112 Å². The van der Waals surface area contributed by atoms with Crippen LogP contribution in [-0.4, -0.2) is 31.3 Å². The number of piperazine rings is 1. The summed E-state index contributed by atoms with van der Waals surface area (Å²) in [5.74, 6) is 0.867. The van der Waals surface area contributed by atoms with Gasteiger partial charge >= 0.3 is 0 Å². The monoisotopic (exact) mass is 313 g/mol. The Morgan fingerprint density at radius 1 is 1.35 bits per heavy atom. The van der Waals surface area contributed by atoms with Gasteiger partial charge in [0.15, 0.2) is 0 Å². The number of thiophene rings is 1. The van der Waals surface area contributed by atoms with Crippen molar-refractivity contribution in [2.45, 2.75) is 0 Å². The maximum atomic E-state index is 5.41. The largest absolute Gasteiger partial charge is 0.338 e. The van der Waals surface area contributed by atoms with Crippen molar-refractivity contribution in [2.75, 3.05) is 31.1 Å². The van der Waals surface area contributed by atoms with Gasteiger partial charge in [0.05, 0.1) is 8.66 Å². The molecule has 1 fully saturated rings. The lowest BCUT2D eigenvalue weighted by molar-refractivity contribution is 0.409. The van der Waals surface area contributed by atoms with Gasteiger partial charge in [-0.25, -0.2) is 0 Å². The second-order valence-electron chi connectivity index (χ2n) is 3.89. The summed E-state index contributed by atoms with van der Waals surface area (Å²) in [6.45, 7) is 3.95. The van der Waals surface area contributed by atoms with E-state index < -0.39 is 0 Å². The molecule has 90 valence electrons. The van der Waals surface area contributed by atoms with Gasteiger partial charge in [-0.15, -0.1) is 11.3 Å². The average Bonchev–Trinajstić information content (AvgIpc) is 2.98. The van der Waals surface area contributed by atoms with Gasteiger partial charge in [0.1, 0.15) is 5.69 Å². The van der Waals surface area contributed by atoms with E-state index in [1.54, 1.807) is 11.3 Å². The van der Waals surface area contributed by atoms with E-state index in [1.807, 2.05) is 18.2 Å². The van der Waals surface area contributed by atoms with Crippen LogP contribution in [0.1, 0.15) is 0 Å². The van der Waals surface area contributed by atoms with Crippen molar-refractivity contribution in [3.05, 3.63) is 22.0 Å². The second kappa shape index (κ2) is 4.80. The molecule has 0 bridgehead atoms. The number of anilines is 1. The fourth-order valence-corrected chi connectivity index (χ4v) is 3.21. The van der Waals surface area contributed by atoms with Gasteiger partial charge in [0.25, 0.3) is 0 Å². The molecular formula is C11H12BrN3OS. The summed E-state index contributed by atoms with van der Waals surface area (Å²) < 4.78 is 6.52. The Hall–Kier alpha value is -0.850. The first-order chi connectivity index (χ1) is 8.33. The zero-order chi connectivity index (χ0) is 11.7. The van der Waals surface area contributed by atoms with E-state index in [9.17, 15) is 0 Å². The molecule has 2 aromatic heterocycles. The molecule has 1 aliphatic rings. The predicted molar refractivity (Wildman–Crippen MR) is 72.6 cm³/mol. The first-order valence-corrected chi connectivity index (χ1v) is 7.12. The Bertz CT molecular complexity index is 504. The second-order valence-corrected chi connectivity index (χ2v) is 6.35. The van der Waals surface area contributed by atoms with E-state index in [-0.39, 0.29) is 0 Å². The molecule has 0 saturated carbocycles. The van der Waals surface area contributed by atoms with Gasteiger partial charge < -0.3 is 14.7 Å². The number of halogens is 1. The van der Waals surface area contributed by atoms with Crippen LogP contribution in [0.4, 0.5) is 5.88 Å². The van der Waals surface area contributed by atoms with Crippen molar-refractivity contribution in [1.29, 1.82) is 0 Å². The maximum Gasteiger partial charge on any atom is 0.227 e. The Morgan fingerprint density at radius 3 is 2.88 bits per heavy atom. The molecular weight excluding hydrogens is 302 g/mol. The smallest absolute Gasteiger partial charge is 0.227 e. The van der Waals surface area contributed by atoms with Crippen molar-refractivity contribution in [1.82, 2.24) is 10.5 Å². The molecule has 0 atom stereocenters. The van der Waals surface area contributed by atoms with Crippen molar-refractivity contribution >= 4 is 33.2 Å². The lowest BCUT2D eigenvalue weighted by Crippen LogP contribution is -2.43. The van der Waals surface area contributed by atoms with Gasteiger partial charge in [-0.1, -0.05) is 5.16 Å². The van der Waals surface area contributed by atoms with Crippen LogP contribution in [0.15, 0.2) is 26.5 Å². The summed E-state index contributed by atoms with van der Waals surface area (Å²) in [5.41, 5.74) is 0.911. The summed E-state index contributed by atoms with van der Waals surface area (Å²) in [5, 5.41) is 7.45.